The Bertz CT molecular complexity index is 619. The molecule has 5 heteroatoms. The highest BCUT2D eigenvalue weighted by atomic mass is 16.2. The van der Waals surface area contributed by atoms with Crippen LogP contribution in [0.4, 0.5) is 11.4 Å². The lowest BCUT2D eigenvalue weighted by Crippen LogP contribution is -2.49. The van der Waals surface area contributed by atoms with E-state index in [9.17, 15) is 4.79 Å². The fourth-order valence-electron chi connectivity index (χ4n) is 2.69. The van der Waals surface area contributed by atoms with Crippen LogP contribution in [-0.4, -0.2) is 42.0 Å². The molecule has 0 saturated carbocycles. The molecule has 0 radical (unpaired) electrons. The highest BCUT2D eigenvalue weighted by Crippen LogP contribution is 2.15. The first kappa shape index (κ1) is 14.4. The van der Waals surface area contributed by atoms with Gasteiger partial charge in [0.1, 0.15) is 0 Å². The van der Waals surface area contributed by atoms with Crippen LogP contribution in [0, 0.1) is 0 Å². The molecule has 1 amide bonds. The summed E-state index contributed by atoms with van der Waals surface area (Å²) >= 11 is 0. The largest absolute Gasteiger partial charge is 0.399 e. The second-order valence-corrected chi connectivity index (χ2v) is 5.49. The van der Waals surface area contributed by atoms with E-state index >= 15 is 0 Å². The summed E-state index contributed by atoms with van der Waals surface area (Å²) in [5.74, 6) is 0.180. The Hall–Kier alpha value is -2.56. The highest BCUT2D eigenvalue weighted by Gasteiger charge is 2.21. The predicted octanol–water partition coefficient (Wildman–Crippen LogP) is 1.56. The second kappa shape index (κ2) is 6.47. The highest BCUT2D eigenvalue weighted by molar-refractivity contribution is 5.79. The number of piperazine rings is 1. The van der Waals surface area contributed by atoms with E-state index in [0.717, 1.165) is 37.4 Å². The van der Waals surface area contributed by atoms with E-state index in [1.807, 2.05) is 41.3 Å². The third-order valence-electron chi connectivity index (χ3n) is 4.00. The van der Waals surface area contributed by atoms with E-state index in [1.54, 1.807) is 12.4 Å². The molecule has 1 aliphatic heterocycles. The number of pyridine rings is 1. The van der Waals surface area contributed by atoms with E-state index in [1.165, 1.54) is 5.69 Å². The minimum Gasteiger partial charge on any atom is -0.399 e. The zero-order chi connectivity index (χ0) is 15.4. The van der Waals surface area contributed by atoms with Crippen molar-refractivity contribution >= 4 is 17.3 Å². The van der Waals surface area contributed by atoms with Crippen molar-refractivity contribution in [2.45, 2.75) is 6.42 Å². The fourth-order valence-corrected chi connectivity index (χ4v) is 2.69. The predicted molar refractivity (Wildman–Crippen MR) is 87.6 cm³/mol. The summed E-state index contributed by atoms with van der Waals surface area (Å²) in [5, 5.41) is 0. The van der Waals surface area contributed by atoms with Gasteiger partial charge in [-0.2, -0.15) is 0 Å². The molecule has 0 unspecified atom stereocenters. The molecule has 2 N–H and O–H groups in total. The normalized spacial score (nSPS) is 14.9. The lowest BCUT2D eigenvalue weighted by atomic mass is 10.1. The summed E-state index contributed by atoms with van der Waals surface area (Å²) in [5.41, 5.74) is 8.57. The molecular weight excluding hydrogens is 276 g/mol. The number of amides is 1. The van der Waals surface area contributed by atoms with Crippen molar-refractivity contribution in [2.75, 3.05) is 36.8 Å². The second-order valence-electron chi connectivity index (χ2n) is 5.49. The van der Waals surface area contributed by atoms with Crippen molar-refractivity contribution in [3.63, 3.8) is 0 Å². The third kappa shape index (κ3) is 3.36. The molecule has 1 aromatic carbocycles. The Balaban J connectivity index is 1.54. The summed E-state index contributed by atoms with van der Waals surface area (Å²) in [6, 6.07) is 11.5. The van der Waals surface area contributed by atoms with E-state index in [2.05, 4.69) is 9.88 Å². The zero-order valence-corrected chi connectivity index (χ0v) is 12.5. The molecule has 0 spiro atoms. The van der Waals surface area contributed by atoms with Gasteiger partial charge in [0.25, 0.3) is 0 Å². The van der Waals surface area contributed by atoms with Gasteiger partial charge in [-0.05, 0) is 29.8 Å². The molecule has 1 aliphatic rings. The van der Waals surface area contributed by atoms with Gasteiger partial charge in [-0.3, -0.25) is 9.78 Å². The van der Waals surface area contributed by atoms with E-state index in [0.29, 0.717) is 6.42 Å². The van der Waals surface area contributed by atoms with Gasteiger partial charge in [0.15, 0.2) is 0 Å². The maximum absolute atomic E-state index is 12.4. The van der Waals surface area contributed by atoms with Crippen LogP contribution in [0.15, 0.2) is 48.8 Å². The number of hydrogen-bond donors (Lipinski definition) is 1. The molecule has 114 valence electrons. The van der Waals surface area contributed by atoms with E-state index in [-0.39, 0.29) is 5.91 Å². The molecule has 0 bridgehead atoms. The summed E-state index contributed by atoms with van der Waals surface area (Å²) in [6.45, 7) is 3.24. The first-order valence-corrected chi connectivity index (χ1v) is 7.49. The van der Waals surface area contributed by atoms with E-state index in [4.69, 9.17) is 5.73 Å². The molecule has 3 rings (SSSR count). The Morgan fingerprint density at radius 2 is 1.64 bits per heavy atom. The van der Waals surface area contributed by atoms with Gasteiger partial charge in [0.2, 0.25) is 5.91 Å². The number of carbonyl (C=O) groups excluding carboxylic acids is 1. The SMILES string of the molecule is Nc1ccc(CC(=O)N2CCN(c3ccncc3)CC2)cc1. The minimum atomic E-state index is 0.180. The number of hydrogen-bond acceptors (Lipinski definition) is 4. The zero-order valence-electron chi connectivity index (χ0n) is 12.5. The van der Waals surface area contributed by atoms with Gasteiger partial charge in [0, 0.05) is 49.9 Å². The lowest BCUT2D eigenvalue weighted by Gasteiger charge is -2.36. The van der Waals surface area contributed by atoms with Crippen LogP contribution in [0.5, 0.6) is 0 Å². The first-order chi connectivity index (χ1) is 10.7. The molecule has 1 fully saturated rings. The Morgan fingerprint density at radius 3 is 2.27 bits per heavy atom. The van der Waals surface area contributed by atoms with E-state index < -0.39 is 0 Å². The Kier molecular flexibility index (Phi) is 4.23. The van der Waals surface area contributed by atoms with Crippen LogP contribution < -0.4 is 10.6 Å². The van der Waals surface area contributed by atoms with Crippen molar-refractivity contribution in [1.29, 1.82) is 0 Å². The lowest BCUT2D eigenvalue weighted by molar-refractivity contribution is -0.130. The van der Waals surface area contributed by atoms with Gasteiger partial charge < -0.3 is 15.5 Å². The molecule has 0 atom stereocenters. The van der Waals surface area contributed by atoms with Crippen LogP contribution in [0.1, 0.15) is 5.56 Å². The molecule has 1 aromatic heterocycles. The smallest absolute Gasteiger partial charge is 0.227 e. The molecule has 22 heavy (non-hydrogen) atoms. The van der Waals surface area contributed by atoms with Crippen molar-refractivity contribution in [3.8, 4) is 0 Å². The topological polar surface area (TPSA) is 62.5 Å². The monoisotopic (exact) mass is 296 g/mol. The summed E-state index contributed by atoms with van der Waals surface area (Å²) in [4.78, 5) is 20.6. The standard InChI is InChI=1S/C17H20N4O/c18-15-3-1-14(2-4-15)13-17(22)21-11-9-20(10-12-21)16-5-7-19-8-6-16/h1-8H,9-13,18H2. The molecular formula is C17H20N4O. The van der Waals surface area contributed by atoms with Crippen LogP contribution in [-0.2, 0) is 11.2 Å². The van der Waals surface area contributed by atoms with Gasteiger partial charge in [0.05, 0.1) is 6.42 Å². The van der Waals surface area contributed by atoms with Gasteiger partial charge >= 0.3 is 0 Å². The number of rotatable bonds is 3. The number of nitrogen functional groups attached to an aromatic ring is 1. The molecule has 2 heterocycles. The number of carbonyl (C=O) groups is 1. The van der Waals surface area contributed by atoms with Crippen LogP contribution in [0.2, 0.25) is 0 Å². The van der Waals surface area contributed by atoms with Gasteiger partial charge in [-0.25, -0.2) is 0 Å². The summed E-state index contributed by atoms with van der Waals surface area (Å²) in [6.07, 6.45) is 4.04. The number of nitrogens with two attached hydrogens (primary N) is 1. The molecule has 2 aromatic rings. The number of nitrogens with zero attached hydrogens (tertiary/aromatic N) is 3. The van der Waals surface area contributed by atoms with Crippen LogP contribution in [0.3, 0.4) is 0 Å². The van der Waals surface area contributed by atoms with Gasteiger partial charge in [-0.1, -0.05) is 12.1 Å². The Morgan fingerprint density at radius 1 is 1.00 bits per heavy atom. The van der Waals surface area contributed by atoms with Crippen molar-refractivity contribution in [3.05, 3.63) is 54.4 Å². The molecule has 1 saturated heterocycles. The van der Waals surface area contributed by atoms with Crippen molar-refractivity contribution in [2.24, 2.45) is 0 Å². The number of benzene rings is 1. The third-order valence-corrected chi connectivity index (χ3v) is 4.00. The average Bonchev–Trinajstić information content (AvgIpc) is 2.58. The van der Waals surface area contributed by atoms with Gasteiger partial charge in [-0.15, -0.1) is 0 Å². The number of anilines is 2. The summed E-state index contributed by atoms with van der Waals surface area (Å²) < 4.78 is 0. The average molecular weight is 296 g/mol. The minimum absolute atomic E-state index is 0.180. The quantitative estimate of drug-likeness (QED) is 0.873. The number of aromatic nitrogens is 1. The maximum Gasteiger partial charge on any atom is 0.227 e. The summed E-state index contributed by atoms with van der Waals surface area (Å²) in [7, 11) is 0. The fraction of sp³-hybridized carbons (Fsp3) is 0.294. The van der Waals surface area contributed by atoms with Crippen molar-refractivity contribution in [1.82, 2.24) is 9.88 Å². The molecule has 0 aliphatic carbocycles. The molecule has 5 nitrogen and oxygen atoms in total. The van der Waals surface area contributed by atoms with Crippen LogP contribution >= 0.6 is 0 Å². The van der Waals surface area contributed by atoms with Crippen LogP contribution in [0.25, 0.3) is 0 Å². The Labute approximate surface area is 130 Å². The maximum atomic E-state index is 12.4. The van der Waals surface area contributed by atoms with Crippen molar-refractivity contribution < 1.29 is 4.79 Å². The first-order valence-electron chi connectivity index (χ1n) is 7.49.